The molecule has 2 aromatic carbocycles. The summed E-state index contributed by atoms with van der Waals surface area (Å²) in [6.45, 7) is 14.1. The number of nitrogens with one attached hydrogen (secondary N) is 3. The largest absolute Gasteiger partial charge is 0.497 e. The van der Waals surface area contributed by atoms with Crippen molar-refractivity contribution in [2.45, 2.75) is 105 Å². The number of fused-ring (bicyclic) bond motifs is 1. The topological polar surface area (TPSA) is 167 Å². The van der Waals surface area contributed by atoms with Gasteiger partial charge in [-0.05, 0) is 36.1 Å². The molecule has 5 amide bonds. The number of carbonyl (C=O) groups excluding carboxylic acids is 4. The van der Waals surface area contributed by atoms with Crippen molar-refractivity contribution < 1.29 is 38.6 Å². The normalized spacial score (nSPS) is 16.2. The van der Waals surface area contributed by atoms with Crippen LogP contribution in [0, 0.1) is 5.92 Å². The smallest absolute Gasteiger partial charge is 0.407 e. The van der Waals surface area contributed by atoms with E-state index in [4.69, 9.17) is 4.74 Å². The summed E-state index contributed by atoms with van der Waals surface area (Å²) in [5.41, 5.74) is 4.06. The van der Waals surface area contributed by atoms with E-state index in [1.54, 1.807) is 26.0 Å². The third-order valence-electron chi connectivity index (χ3n) is 8.67. The highest BCUT2D eigenvalue weighted by molar-refractivity contribution is 5.97. The predicted octanol–water partition coefficient (Wildman–Crippen LogP) is 7.46. The summed E-state index contributed by atoms with van der Waals surface area (Å²) >= 11 is 0. The first kappa shape index (κ1) is 47.0. The number of carboxylic acid groups (broad SMARTS) is 1. The Labute approximate surface area is 321 Å². The van der Waals surface area contributed by atoms with E-state index in [-0.39, 0.29) is 12.6 Å². The lowest BCUT2D eigenvalue weighted by Gasteiger charge is -2.27. The Bertz CT molecular complexity index is 1490. The highest BCUT2D eigenvalue weighted by Crippen LogP contribution is 2.35. The highest BCUT2D eigenvalue weighted by Gasteiger charge is 2.36. The van der Waals surface area contributed by atoms with E-state index in [1.807, 2.05) is 56.3 Å². The number of rotatable bonds is 9. The molecule has 0 aromatic heterocycles. The summed E-state index contributed by atoms with van der Waals surface area (Å²) < 4.78 is 9.64. The molecule has 300 valence electrons. The number of ether oxygens (including phenoxy) is 2. The lowest BCUT2D eigenvalue weighted by Crippen LogP contribution is -2.53. The van der Waals surface area contributed by atoms with E-state index < -0.39 is 41.9 Å². The van der Waals surface area contributed by atoms with E-state index in [9.17, 15) is 29.1 Å². The van der Waals surface area contributed by atoms with Crippen LogP contribution in [-0.2, 0) is 25.7 Å². The first-order valence-electron chi connectivity index (χ1n) is 19.0. The molecule has 3 aliphatic rings. The van der Waals surface area contributed by atoms with Gasteiger partial charge < -0.3 is 40.3 Å². The third kappa shape index (κ3) is 15.1. The lowest BCUT2D eigenvalue weighted by molar-refractivity contribution is -0.144. The van der Waals surface area contributed by atoms with Crippen molar-refractivity contribution in [3.63, 3.8) is 0 Å². The fourth-order valence-corrected chi connectivity index (χ4v) is 5.79. The minimum Gasteiger partial charge on any atom is -0.497 e. The van der Waals surface area contributed by atoms with Gasteiger partial charge in [0.1, 0.15) is 24.4 Å². The zero-order chi connectivity index (χ0) is 40.6. The molecule has 2 aliphatic heterocycles. The second kappa shape index (κ2) is 25.8. The second-order valence-electron chi connectivity index (χ2n) is 12.8. The number of urea groups is 1. The van der Waals surface area contributed by atoms with Gasteiger partial charge >= 0.3 is 18.1 Å². The van der Waals surface area contributed by atoms with Gasteiger partial charge in [0.2, 0.25) is 11.8 Å². The Morgan fingerprint density at radius 1 is 1.02 bits per heavy atom. The molecule has 1 saturated heterocycles. The zero-order valence-electron chi connectivity index (χ0n) is 33.5. The summed E-state index contributed by atoms with van der Waals surface area (Å²) in [4.78, 5) is 61.7. The van der Waals surface area contributed by atoms with E-state index in [1.165, 1.54) is 56.6 Å². The number of para-hydroxylation sites is 1. The van der Waals surface area contributed by atoms with Gasteiger partial charge in [0.15, 0.2) is 0 Å². The molecule has 0 bridgehead atoms. The number of aliphatic carboxylic acids is 1. The summed E-state index contributed by atoms with van der Waals surface area (Å²) in [6.07, 6.45) is 10.5. The molecular formula is C41H63N5O8. The zero-order valence-corrected chi connectivity index (χ0v) is 33.5. The van der Waals surface area contributed by atoms with Crippen molar-refractivity contribution in [2.75, 3.05) is 39.7 Å². The van der Waals surface area contributed by atoms with Gasteiger partial charge in [0.25, 0.3) is 0 Å². The van der Waals surface area contributed by atoms with Crippen molar-refractivity contribution in [1.82, 2.24) is 20.4 Å². The van der Waals surface area contributed by atoms with Gasteiger partial charge in [-0.1, -0.05) is 110 Å². The Morgan fingerprint density at radius 2 is 1.63 bits per heavy atom. The summed E-state index contributed by atoms with van der Waals surface area (Å²) in [5, 5.41) is 16.9. The van der Waals surface area contributed by atoms with Crippen LogP contribution < -0.4 is 20.7 Å². The molecule has 2 aromatic rings. The van der Waals surface area contributed by atoms with Crippen LogP contribution in [0.4, 0.5) is 15.3 Å². The maximum Gasteiger partial charge on any atom is 0.407 e. The minimum absolute atomic E-state index is 0.0761. The van der Waals surface area contributed by atoms with Gasteiger partial charge in [-0.2, -0.15) is 0 Å². The number of hydrogen-bond donors (Lipinski definition) is 4. The molecule has 0 spiro atoms. The standard InChI is InChI=1S/C16H16N2O2.C15H23N3O6.C5H10.C3H8.C2H6/c1-18-10-12-6-4-8-14(15(12)17-16(18)19)11-5-3-7-13(9-11)20-2;1-4-9(2)12(14(21)22)17-13(20)10-6-5-7-18(10)11(19)8-16-15(23)24-3;1-2-4-5-3-1;1-3-2;1-2/h3-9H,10H2,1-2H3,(H,17,19);4,9-10,12H,1,5-8H2,2-3H3,(H,16,23)(H,17,20)(H,21,22);1-5H2;3H2,1-2H3;1-2H3. The molecule has 13 nitrogen and oxygen atoms in total. The van der Waals surface area contributed by atoms with Crippen LogP contribution in [0.2, 0.25) is 0 Å². The number of hydrogen-bond acceptors (Lipinski definition) is 7. The summed E-state index contributed by atoms with van der Waals surface area (Å²) in [6, 6.07) is 12.0. The molecule has 2 heterocycles. The fourth-order valence-electron chi connectivity index (χ4n) is 5.79. The number of alkyl carbamates (subject to hydrolysis) is 1. The van der Waals surface area contributed by atoms with Crippen molar-refractivity contribution in [1.29, 1.82) is 0 Å². The second-order valence-corrected chi connectivity index (χ2v) is 12.8. The predicted molar refractivity (Wildman–Crippen MR) is 213 cm³/mol. The van der Waals surface area contributed by atoms with Crippen LogP contribution in [-0.4, -0.2) is 91.3 Å². The Hall–Kier alpha value is -5.07. The summed E-state index contributed by atoms with van der Waals surface area (Å²) in [7, 11) is 4.62. The third-order valence-corrected chi connectivity index (χ3v) is 8.67. The molecule has 0 radical (unpaired) electrons. The average Bonchev–Trinajstić information content (AvgIpc) is 3.94. The number of carbonyl (C=O) groups is 5. The highest BCUT2D eigenvalue weighted by atomic mass is 16.5. The maximum atomic E-state index is 12.4. The molecule has 1 saturated carbocycles. The molecule has 54 heavy (non-hydrogen) atoms. The Morgan fingerprint density at radius 3 is 2.19 bits per heavy atom. The van der Waals surface area contributed by atoms with E-state index in [2.05, 4.69) is 41.1 Å². The van der Waals surface area contributed by atoms with Crippen LogP contribution in [0.15, 0.2) is 55.1 Å². The molecule has 4 N–H and O–H groups in total. The SMILES string of the molecule is C1CCCC1.C=CC(C)C(NC(=O)C1CCCN1C(=O)CNC(=O)OC)C(=O)O.CC.CCC.COc1cccc(-c2cccc3c2NC(=O)N(C)C3)c1. The van der Waals surface area contributed by atoms with Crippen LogP contribution in [0.3, 0.4) is 0 Å². The number of carboxylic acids is 1. The first-order chi connectivity index (χ1) is 25.9. The lowest BCUT2D eigenvalue weighted by atomic mass is 9.98. The van der Waals surface area contributed by atoms with Gasteiger partial charge in [-0.25, -0.2) is 14.4 Å². The van der Waals surface area contributed by atoms with Crippen molar-refractivity contribution in [3.05, 3.63) is 60.7 Å². The first-order valence-corrected chi connectivity index (χ1v) is 19.0. The van der Waals surface area contributed by atoms with Gasteiger partial charge in [0, 0.05) is 31.6 Å². The minimum atomic E-state index is -1.17. The van der Waals surface area contributed by atoms with Crippen LogP contribution in [0.25, 0.3) is 11.1 Å². The summed E-state index contributed by atoms with van der Waals surface area (Å²) in [5.74, 6) is -1.78. The quantitative estimate of drug-likeness (QED) is 0.192. The molecule has 13 heteroatoms. The number of methoxy groups -OCH3 is 2. The van der Waals surface area contributed by atoms with Crippen LogP contribution >= 0.6 is 0 Å². The van der Waals surface area contributed by atoms with E-state index >= 15 is 0 Å². The number of nitrogens with zero attached hydrogens (tertiary/aromatic N) is 2. The maximum absolute atomic E-state index is 12.4. The monoisotopic (exact) mass is 753 g/mol. The number of amides is 5. The van der Waals surface area contributed by atoms with Crippen LogP contribution in [0.5, 0.6) is 5.75 Å². The molecule has 1 aliphatic carbocycles. The molecule has 3 atom stereocenters. The van der Waals surface area contributed by atoms with Crippen molar-refractivity contribution in [3.8, 4) is 16.9 Å². The van der Waals surface area contributed by atoms with Crippen molar-refractivity contribution in [2.24, 2.45) is 5.92 Å². The number of benzene rings is 2. The van der Waals surface area contributed by atoms with Gasteiger partial charge in [-0.3, -0.25) is 9.59 Å². The molecule has 5 rings (SSSR count). The Balaban J connectivity index is 0.000000434. The van der Waals surface area contributed by atoms with E-state index in [0.29, 0.717) is 25.9 Å². The van der Waals surface area contributed by atoms with Crippen LogP contribution in [0.1, 0.15) is 91.5 Å². The molecule has 3 unspecified atom stereocenters. The Kier molecular flexibility index (Phi) is 22.5. The number of anilines is 1. The molecular weight excluding hydrogens is 690 g/mol. The average molecular weight is 754 g/mol. The number of likely N-dealkylation sites (tertiary alicyclic amines) is 1. The van der Waals surface area contributed by atoms with Gasteiger partial charge in [0.05, 0.1) is 19.9 Å². The molecule has 2 fully saturated rings. The van der Waals surface area contributed by atoms with Gasteiger partial charge in [-0.15, -0.1) is 6.58 Å². The van der Waals surface area contributed by atoms with Crippen molar-refractivity contribution >= 4 is 35.6 Å². The van der Waals surface area contributed by atoms with E-state index in [0.717, 1.165) is 28.1 Å². The fraction of sp³-hybridized carbons (Fsp3) is 0.537.